The van der Waals surface area contributed by atoms with Crippen LogP contribution >= 0.6 is 0 Å². The maximum atomic E-state index is 14.0. The highest BCUT2D eigenvalue weighted by Gasteiger charge is 2.19. The van der Waals surface area contributed by atoms with Gasteiger partial charge in [-0.3, -0.25) is 0 Å². The van der Waals surface area contributed by atoms with Crippen molar-refractivity contribution in [2.75, 3.05) is 7.11 Å². The molecular weight excluding hydrogens is 266 g/mol. The van der Waals surface area contributed by atoms with Crippen LogP contribution in [-0.4, -0.2) is 13.3 Å². The number of methoxy groups -OCH3 is 1. The molecule has 0 fully saturated rings. The molecule has 0 aromatic heterocycles. The lowest BCUT2D eigenvalue weighted by molar-refractivity contribution is 0.121. The number of halogens is 2. The molecule has 5 heteroatoms. The van der Waals surface area contributed by atoms with Crippen LogP contribution in [0.5, 0.6) is 5.75 Å². The maximum Gasteiger partial charge on any atom is 0.513 e. The summed E-state index contributed by atoms with van der Waals surface area (Å²) >= 11 is 0. The van der Waals surface area contributed by atoms with Crippen molar-refractivity contribution in [3.8, 4) is 5.75 Å². The molecule has 0 atom stereocenters. The number of ether oxygens (including phenoxy) is 2. The van der Waals surface area contributed by atoms with Crippen molar-refractivity contribution >= 4 is 16.9 Å². The lowest BCUT2D eigenvalue weighted by Crippen LogP contribution is -2.10. The third kappa shape index (κ3) is 2.31. The number of aryl methyl sites for hydroxylation is 1. The van der Waals surface area contributed by atoms with Crippen molar-refractivity contribution in [1.29, 1.82) is 0 Å². The summed E-state index contributed by atoms with van der Waals surface area (Å²) in [4.78, 5) is 11.3. The van der Waals surface area contributed by atoms with Gasteiger partial charge >= 0.3 is 6.16 Å². The van der Waals surface area contributed by atoms with E-state index in [1.807, 2.05) is 6.92 Å². The molecule has 0 bridgehead atoms. The molecule has 2 aromatic rings. The second-order valence-electron chi connectivity index (χ2n) is 4.36. The third-order valence-electron chi connectivity index (χ3n) is 3.24. The molecule has 106 valence electrons. The summed E-state index contributed by atoms with van der Waals surface area (Å²) in [6, 6.07) is 4.27. The minimum absolute atomic E-state index is 0.00296. The van der Waals surface area contributed by atoms with Crippen molar-refractivity contribution in [1.82, 2.24) is 0 Å². The van der Waals surface area contributed by atoms with E-state index < -0.39 is 17.8 Å². The van der Waals surface area contributed by atoms with Crippen molar-refractivity contribution in [2.45, 2.75) is 20.3 Å². The molecule has 0 heterocycles. The molecule has 2 aromatic carbocycles. The van der Waals surface area contributed by atoms with Gasteiger partial charge in [-0.1, -0.05) is 19.1 Å². The molecule has 0 aliphatic rings. The van der Waals surface area contributed by atoms with Gasteiger partial charge in [0, 0.05) is 0 Å². The van der Waals surface area contributed by atoms with E-state index in [1.165, 1.54) is 6.07 Å². The highest BCUT2D eigenvalue weighted by molar-refractivity contribution is 5.92. The molecule has 0 unspecified atom stereocenters. The zero-order valence-electron chi connectivity index (χ0n) is 11.4. The Kier molecular flexibility index (Phi) is 3.88. The molecular formula is C15H14F2O3. The SMILES string of the molecule is CCc1cc2ccc(F)c(F)c2c(OC(=O)OC)c1C. The molecule has 0 saturated heterocycles. The Hall–Kier alpha value is -2.17. The van der Waals surface area contributed by atoms with Gasteiger partial charge in [0.2, 0.25) is 0 Å². The molecule has 0 N–H and O–H groups in total. The Morgan fingerprint density at radius 3 is 2.60 bits per heavy atom. The van der Waals surface area contributed by atoms with E-state index in [2.05, 4.69) is 4.74 Å². The first kappa shape index (κ1) is 14.2. The highest BCUT2D eigenvalue weighted by atomic mass is 19.2. The van der Waals surface area contributed by atoms with Gasteiger partial charge in [-0.05, 0) is 35.9 Å². The zero-order valence-corrected chi connectivity index (χ0v) is 11.4. The average molecular weight is 280 g/mol. The lowest BCUT2D eigenvalue weighted by Gasteiger charge is -2.14. The average Bonchev–Trinajstić information content (AvgIpc) is 2.45. The van der Waals surface area contributed by atoms with E-state index in [1.54, 1.807) is 13.0 Å². The molecule has 0 amide bonds. The monoisotopic (exact) mass is 280 g/mol. The Morgan fingerprint density at radius 1 is 1.30 bits per heavy atom. The van der Waals surface area contributed by atoms with Gasteiger partial charge in [0.05, 0.1) is 12.5 Å². The molecule has 0 saturated carbocycles. The Labute approximate surface area is 115 Å². The van der Waals surface area contributed by atoms with E-state index in [0.29, 0.717) is 17.4 Å². The maximum absolute atomic E-state index is 14.0. The summed E-state index contributed by atoms with van der Waals surface area (Å²) in [6.45, 7) is 3.62. The summed E-state index contributed by atoms with van der Waals surface area (Å²) < 4.78 is 36.9. The predicted octanol–water partition coefficient (Wildman–Crippen LogP) is 4.13. The van der Waals surface area contributed by atoms with Crippen molar-refractivity contribution in [3.05, 3.63) is 41.0 Å². The van der Waals surface area contributed by atoms with Crippen LogP contribution in [-0.2, 0) is 11.2 Å². The molecule has 2 rings (SSSR count). The summed E-state index contributed by atoms with van der Waals surface area (Å²) in [7, 11) is 1.15. The van der Waals surface area contributed by atoms with E-state index in [4.69, 9.17) is 4.74 Å². The number of fused-ring (bicyclic) bond motifs is 1. The first-order valence-electron chi connectivity index (χ1n) is 6.15. The largest absolute Gasteiger partial charge is 0.513 e. The molecule has 20 heavy (non-hydrogen) atoms. The smallest absolute Gasteiger partial charge is 0.437 e. The number of rotatable bonds is 2. The normalized spacial score (nSPS) is 10.7. The third-order valence-corrected chi connectivity index (χ3v) is 3.24. The van der Waals surface area contributed by atoms with Gasteiger partial charge in [-0.15, -0.1) is 0 Å². The number of carbonyl (C=O) groups excluding carboxylic acids is 1. The second-order valence-corrected chi connectivity index (χ2v) is 4.36. The first-order valence-corrected chi connectivity index (χ1v) is 6.15. The van der Waals surface area contributed by atoms with Crippen LogP contribution in [0.15, 0.2) is 18.2 Å². The van der Waals surface area contributed by atoms with Crippen molar-refractivity contribution in [3.63, 3.8) is 0 Å². The summed E-state index contributed by atoms with van der Waals surface area (Å²) in [5.41, 5.74) is 1.48. The van der Waals surface area contributed by atoms with Gasteiger partial charge in [0.1, 0.15) is 5.75 Å². The van der Waals surface area contributed by atoms with E-state index in [9.17, 15) is 13.6 Å². The lowest BCUT2D eigenvalue weighted by atomic mass is 9.98. The quantitative estimate of drug-likeness (QED) is 0.612. The molecule has 3 nitrogen and oxygen atoms in total. The van der Waals surface area contributed by atoms with Crippen LogP contribution in [0.1, 0.15) is 18.1 Å². The summed E-state index contributed by atoms with van der Waals surface area (Å²) in [5, 5.41) is 0.426. The number of hydrogen-bond acceptors (Lipinski definition) is 3. The first-order chi connectivity index (χ1) is 9.49. The highest BCUT2D eigenvalue weighted by Crippen LogP contribution is 2.35. The van der Waals surface area contributed by atoms with Gasteiger partial charge in [-0.2, -0.15) is 0 Å². The Balaban J connectivity index is 2.81. The van der Waals surface area contributed by atoms with Crippen LogP contribution in [0.3, 0.4) is 0 Å². The van der Waals surface area contributed by atoms with Crippen LogP contribution in [0.2, 0.25) is 0 Å². The Bertz CT molecular complexity index is 681. The van der Waals surface area contributed by atoms with Crippen molar-refractivity contribution < 1.29 is 23.0 Å². The topological polar surface area (TPSA) is 35.5 Å². The van der Waals surface area contributed by atoms with Crippen molar-refractivity contribution in [2.24, 2.45) is 0 Å². The van der Waals surface area contributed by atoms with Gasteiger partial charge < -0.3 is 9.47 Å². The fourth-order valence-corrected chi connectivity index (χ4v) is 2.17. The number of benzene rings is 2. The van der Waals surface area contributed by atoms with E-state index in [0.717, 1.165) is 18.7 Å². The molecule has 0 aliphatic carbocycles. The van der Waals surface area contributed by atoms with Crippen LogP contribution < -0.4 is 4.74 Å². The fraction of sp³-hybridized carbons (Fsp3) is 0.267. The van der Waals surface area contributed by atoms with Crippen LogP contribution in [0, 0.1) is 18.6 Å². The van der Waals surface area contributed by atoms with Crippen LogP contribution in [0.4, 0.5) is 13.6 Å². The van der Waals surface area contributed by atoms with Gasteiger partial charge in [0.15, 0.2) is 11.6 Å². The minimum atomic E-state index is -1.04. The Morgan fingerprint density at radius 2 is 2.00 bits per heavy atom. The predicted molar refractivity (Wildman–Crippen MR) is 71.0 cm³/mol. The number of hydrogen-bond donors (Lipinski definition) is 0. The second kappa shape index (κ2) is 5.45. The summed E-state index contributed by atoms with van der Waals surface area (Å²) in [5.74, 6) is -2.02. The standard InChI is InChI=1S/C15H14F2O3/c1-4-9-7-10-5-6-11(16)13(17)12(10)14(8(9)2)20-15(18)19-3/h5-7H,4H2,1-3H3. The molecule has 0 spiro atoms. The summed E-state index contributed by atoms with van der Waals surface area (Å²) in [6.07, 6.45) is -0.288. The fourth-order valence-electron chi connectivity index (χ4n) is 2.17. The van der Waals surface area contributed by atoms with Gasteiger partial charge in [0.25, 0.3) is 0 Å². The van der Waals surface area contributed by atoms with Crippen LogP contribution in [0.25, 0.3) is 10.8 Å². The van der Waals surface area contributed by atoms with Gasteiger partial charge in [-0.25, -0.2) is 13.6 Å². The molecule has 0 aliphatic heterocycles. The molecule has 0 radical (unpaired) electrons. The van der Waals surface area contributed by atoms with E-state index >= 15 is 0 Å². The van der Waals surface area contributed by atoms with E-state index in [-0.39, 0.29) is 11.1 Å². The zero-order chi connectivity index (χ0) is 14.9. The minimum Gasteiger partial charge on any atom is -0.437 e. The number of carbonyl (C=O) groups is 1.